The summed E-state index contributed by atoms with van der Waals surface area (Å²) in [4.78, 5) is 4.14. The van der Waals surface area contributed by atoms with Gasteiger partial charge in [0.2, 0.25) is 0 Å². The van der Waals surface area contributed by atoms with Gasteiger partial charge in [-0.05, 0) is 43.7 Å². The van der Waals surface area contributed by atoms with Gasteiger partial charge in [-0.2, -0.15) is 0 Å². The van der Waals surface area contributed by atoms with Gasteiger partial charge in [-0.15, -0.1) is 11.3 Å². The summed E-state index contributed by atoms with van der Waals surface area (Å²) in [5, 5.41) is 5.22. The molecule has 1 saturated heterocycles. The van der Waals surface area contributed by atoms with Gasteiger partial charge in [0.1, 0.15) is 0 Å². The predicted molar refractivity (Wildman–Crippen MR) is 86.4 cm³/mol. The van der Waals surface area contributed by atoms with Crippen LogP contribution in [0.15, 0.2) is 30.3 Å². The highest BCUT2D eigenvalue weighted by Gasteiger charge is 2.34. The van der Waals surface area contributed by atoms with Gasteiger partial charge in [-0.3, -0.25) is 4.90 Å². The molecule has 1 aromatic carbocycles. The first-order valence-electron chi connectivity index (χ1n) is 7.78. The lowest BCUT2D eigenvalue weighted by molar-refractivity contribution is 0.314. The van der Waals surface area contributed by atoms with E-state index in [0.717, 1.165) is 6.04 Å². The molecule has 2 fully saturated rings. The smallest absolute Gasteiger partial charge is 0.0389 e. The van der Waals surface area contributed by atoms with Crippen LogP contribution in [0.2, 0.25) is 0 Å². The fourth-order valence-corrected chi connectivity index (χ4v) is 4.42. The van der Waals surface area contributed by atoms with Crippen molar-refractivity contribution in [2.75, 3.05) is 13.1 Å². The number of hydrogen-bond donors (Lipinski definition) is 1. The van der Waals surface area contributed by atoms with Crippen LogP contribution in [0.1, 0.15) is 37.1 Å². The van der Waals surface area contributed by atoms with Crippen LogP contribution in [0, 0.1) is 0 Å². The summed E-state index contributed by atoms with van der Waals surface area (Å²) >= 11 is 1.93. The van der Waals surface area contributed by atoms with Gasteiger partial charge >= 0.3 is 0 Å². The number of hydrogen-bond acceptors (Lipinski definition) is 3. The Balaban J connectivity index is 1.43. The summed E-state index contributed by atoms with van der Waals surface area (Å²) < 4.78 is 1.40. The second-order valence-electron chi connectivity index (χ2n) is 6.29. The van der Waals surface area contributed by atoms with Crippen molar-refractivity contribution in [1.82, 2.24) is 10.2 Å². The van der Waals surface area contributed by atoms with Crippen LogP contribution in [0.4, 0.5) is 0 Å². The lowest BCUT2D eigenvalue weighted by Crippen LogP contribution is -2.34. The van der Waals surface area contributed by atoms with Gasteiger partial charge in [0.25, 0.3) is 0 Å². The van der Waals surface area contributed by atoms with E-state index in [4.69, 9.17) is 0 Å². The Labute approximate surface area is 124 Å². The maximum absolute atomic E-state index is 3.84. The van der Waals surface area contributed by atoms with Crippen molar-refractivity contribution in [2.45, 2.75) is 44.3 Å². The molecule has 1 aromatic heterocycles. The number of likely N-dealkylation sites (tertiary alicyclic amines) is 1. The highest BCUT2D eigenvalue weighted by molar-refractivity contribution is 7.19. The zero-order chi connectivity index (χ0) is 13.5. The first-order valence-corrected chi connectivity index (χ1v) is 8.60. The minimum atomic E-state index is 0.469. The van der Waals surface area contributed by atoms with Crippen LogP contribution >= 0.6 is 11.3 Å². The number of thiophene rings is 1. The Hall–Kier alpha value is -0.900. The number of nitrogens with one attached hydrogen (secondary N) is 1. The Kier molecular flexibility index (Phi) is 3.29. The molecule has 106 valence electrons. The number of benzene rings is 1. The van der Waals surface area contributed by atoms with E-state index in [1.807, 2.05) is 11.3 Å². The van der Waals surface area contributed by atoms with Gasteiger partial charge in [0, 0.05) is 40.8 Å². The predicted octanol–water partition coefficient (Wildman–Crippen LogP) is 3.79. The van der Waals surface area contributed by atoms with Crippen LogP contribution in [0.25, 0.3) is 10.1 Å². The lowest BCUT2D eigenvalue weighted by atomic mass is 10.2. The molecule has 20 heavy (non-hydrogen) atoms. The molecule has 4 rings (SSSR count). The number of fused-ring (bicyclic) bond motifs is 1. The van der Waals surface area contributed by atoms with Crippen LogP contribution < -0.4 is 5.32 Å². The molecule has 1 saturated carbocycles. The zero-order valence-electron chi connectivity index (χ0n) is 12.0. The number of rotatable bonds is 4. The maximum atomic E-state index is 3.84. The molecule has 0 bridgehead atoms. The summed E-state index contributed by atoms with van der Waals surface area (Å²) in [6, 6.07) is 13.1. The van der Waals surface area contributed by atoms with Crippen molar-refractivity contribution in [2.24, 2.45) is 0 Å². The van der Waals surface area contributed by atoms with E-state index < -0.39 is 0 Å². The van der Waals surface area contributed by atoms with E-state index in [2.05, 4.69) is 47.5 Å². The van der Waals surface area contributed by atoms with E-state index >= 15 is 0 Å². The standard InChI is InChI=1S/C17H22N2S/c1-12(17-10-13-4-2-3-5-16(13)20-17)18-14-8-9-19(11-14)15-6-7-15/h2-5,10,12,14-15,18H,6-9,11H2,1H3. The van der Waals surface area contributed by atoms with E-state index in [1.165, 1.54) is 47.3 Å². The van der Waals surface area contributed by atoms with Crippen molar-refractivity contribution >= 4 is 21.4 Å². The van der Waals surface area contributed by atoms with E-state index in [-0.39, 0.29) is 0 Å². The fourth-order valence-electron chi connectivity index (χ4n) is 3.35. The second kappa shape index (κ2) is 5.14. The minimum Gasteiger partial charge on any atom is -0.305 e. The molecular formula is C17H22N2S. The molecule has 1 N–H and O–H groups in total. The molecule has 3 heteroatoms. The van der Waals surface area contributed by atoms with Crippen LogP contribution in [-0.2, 0) is 0 Å². The monoisotopic (exact) mass is 286 g/mol. The third kappa shape index (κ3) is 2.50. The van der Waals surface area contributed by atoms with Gasteiger partial charge in [0.05, 0.1) is 0 Å². The van der Waals surface area contributed by atoms with Crippen LogP contribution in [0.5, 0.6) is 0 Å². The van der Waals surface area contributed by atoms with Crippen LogP contribution in [0.3, 0.4) is 0 Å². The fraction of sp³-hybridized carbons (Fsp3) is 0.529. The minimum absolute atomic E-state index is 0.469. The Morgan fingerprint density at radius 3 is 2.90 bits per heavy atom. The van der Waals surface area contributed by atoms with Crippen LogP contribution in [-0.4, -0.2) is 30.1 Å². The first-order chi connectivity index (χ1) is 9.79. The molecule has 2 aromatic rings. The molecule has 2 heterocycles. The molecule has 2 aliphatic rings. The van der Waals surface area contributed by atoms with Gasteiger partial charge in [-0.25, -0.2) is 0 Å². The average Bonchev–Trinajstić information content (AvgIpc) is 3.04. The molecule has 1 aliphatic carbocycles. The van der Waals surface area contributed by atoms with Crippen molar-refractivity contribution < 1.29 is 0 Å². The molecule has 0 amide bonds. The Morgan fingerprint density at radius 1 is 1.25 bits per heavy atom. The summed E-state index contributed by atoms with van der Waals surface area (Å²) in [5.41, 5.74) is 0. The lowest BCUT2D eigenvalue weighted by Gasteiger charge is -2.19. The van der Waals surface area contributed by atoms with Crippen molar-refractivity contribution in [3.05, 3.63) is 35.2 Å². The quantitative estimate of drug-likeness (QED) is 0.920. The van der Waals surface area contributed by atoms with Gasteiger partial charge in [0.15, 0.2) is 0 Å². The molecule has 2 atom stereocenters. The van der Waals surface area contributed by atoms with Gasteiger partial charge < -0.3 is 5.32 Å². The van der Waals surface area contributed by atoms with E-state index in [0.29, 0.717) is 12.1 Å². The average molecular weight is 286 g/mol. The van der Waals surface area contributed by atoms with Crippen molar-refractivity contribution in [3.63, 3.8) is 0 Å². The third-order valence-electron chi connectivity index (χ3n) is 4.64. The van der Waals surface area contributed by atoms with E-state index in [9.17, 15) is 0 Å². The normalized spacial score (nSPS) is 25.4. The van der Waals surface area contributed by atoms with Crippen molar-refractivity contribution in [1.29, 1.82) is 0 Å². The third-order valence-corrected chi connectivity index (χ3v) is 5.94. The molecule has 0 spiro atoms. The largest absolute Gasteiger partial charge is 0.305 e. The highest BCUT2D eigenvalue weighted by atomic mass is 32.1. The molecule has 1 aliphatic heterocycles. The Bertz CT molecular complexity index is 569. The second-order valence-corrected chi connectivity index (χ2v) is 7.40. The van der Waals surface area contributed by atoms with Crippen molar-refractivity contribution in [3.8, 4) is 0 Å². The summed E-state index contributed by atoms with van der Waals surface area (Å²) in [5.74, 6) is 0. The molecular weight excluding hydrogens is 264 g/mol. The van der Waals surface area contributed by atoms with Gasteiger partial charge in [-0.1, -0.05) is 18.2 Å². The number of nitrogens with zero attached hydrogens (tertiary/aromatic N) is 1. The highest BCUT2D eigenvalue weighted by Crippen LogP contribution is 2.32. The summed E-state index contributed by atoms with van der Waals surface area (Å²) in [7, 11) is 0. The van der Waals surface area contributed by atoms with E-state index in [1.54, 1.807) is 0 Å². The zero-order valence-corrected chi connectivity index (χ0v) is 12.8. The molecule has 0 radical (unpaired) electrons. The Morgan fingerprint density at radius 2 is 2.10 bits per heavy atom. The summed E-state index contributed by atoms with van der Waals surface area (Å²) in [6.07, 6.45) is 4.17. The SMILES string of the molecule is CC(NC1CCN(C2CC2)C1)c1cc2ccccc2s1. The first kappa shape index (κ1) is 12.8. The molecule has 2 nitrogen and oxygen atoms in total. The topological polar surface area (TPSA) is 15.3 Å². The maximum Gasteiger partial charge on any atom is 0.0389 e. The summed E-state index contributed by atoms with van der Waals surface area (Å²) in [6.45, 7) is 4.85. The molecule has 2 unspecified atom stereocenters.